The van der Waals surface area contributed by atoms with Crippen LogP contribution in [0.2, 0.25) is 5.02 Å². The number of hydrogen-bond acceptors (Lipinski definition) is 6. The fourth-order valence-corrected chi connectivity index (χ4v) is 4.74. The molecule has 0 atom stereocenters. The van der Waals surface area contributed by atoms with Crippen LogP contribution in [0, 0.1) is 13.8 Å². The predicted octanol–water partition coefficient (Wildman–Crippen LogP) is 6.51. The van der Waals surface area contributed by atoms with Crippen molar-refractivity contribution in [3.8, 4) is 0 Å². The Kier molecular flexibility index (Phi) is 7.52. The Labute approximate surface area is 219 Å². The summed E-state index contributed by atoms with van der Waals surface area (Å²) in [6.07, 6.45) is -0.255. The number of thioether (sulfide) groups is 1. The molecule has 4 rings (SSSR count). The van der Waals surface area contributed by atoms with Crippen molar-refractivity contribution in [2.75, 3.05) is 10.2 Å². The smallest absolute Gasteiger partial charge is 0.338 e. The van der Waals surface area contributed by atoms with Gasteiger partial charge in [-0.15, -0.1) is 0 Å². The van der Waals surface area contributed by atoms with E-state index in [1.807, 2.05) is 32.0 Å². The van der Waals surface area contributed by atoms with Crippen LogP contribution in [0.3, 0.4) is 0 Å². The third-order valence-corrected chi connectivity index (χ3v) is 6.76. The van der Waals surface area contributed by atoms with Crippen LogP contribution in [0.5, 0.6) is 0 Å². The summed E-state index contributed by atoms with van der Waals surface area (Å²) in [4.78, 5) is 41.5. The Morgan fingerprint density at radius 3 is 2.22 bits per heavy atom. The van der Waals surface area contributed by atoms with Crippen LogP contribution < -0.4 is 10.2 Å². The summed E-state index contributed by atoms with van der Waals surface area (Å²) in [5, 5.41) is 3.77. The minimum Gasteiger partial charge on any atom is -0.459 e. The second-order valence-electron chi connectivity index (χ2n) is 8.65. The number of hydrogen-bond donors (Lipinski definition) is 1. The van der Waals surface area contributed by atoms with Crippen LogP contribution in [-0.4, -0.2) is 23.9 Å². The number of halogens is 1. The fourth-order valence-electron chi connectivity index (χ4n) is 3.69. The average Bonchev–Trinajstić information content (AvgIpc) is 3.05. The van der Waals surface area contributed by atoms with Crippen LogP contribution in [-0.2, 0) is 14.3 Å². The van der Waals surface area contributed by atoms with E-state index in [0.717, 1.165) is 26.6 Å². The van der Waals surface area contributed by atoms with Gasteiger partial charge in [0.15, 0.2) is 0 Å². The van der Waals surface area contributed by atoms with Crippen molar-refractivity contribution in [2.24, 2.45) is 0 Å². The largest absolute Gasteiger partial charge is 0.459 e. The molecule has 0 spiro atoms. The van der Waals surface area contributed by atoms with Crippen LogP contribution in [0.4, 0.5) is 11.4 Å². The van der Waals surface area contributed by atoms with Gasteiger partial charge in [0.05, 0.1) is 17.4 Å². The second kappa shape index (κ2) is 10.6. The molecule has 6 nitrogen and oxygen atoms in total. The molecule has 36 heavy (non-hydrogen) atoms. The topological polar surface area (TPSA) is 75.7 Å². The molecule has 0 unspecified atom stereocenters. The summed E-state index contributed by atoms with van der Waals surface area (Å²) in [5.41, 5.74) is 3.66. The lowest BCUT2D eigenvalue weighted by molar-refractivity contribution is -0.120. The third kappa shape index (κ3) is 5.48. The maximum absolute atomic E-state index is 13.6. The number of aryl methyl sites for hydroxylation is 2. The van der Waals surface area contributed by atoms with Gasteiger partial charge >= 0.3 is 5.97 Å². The highest BCUT2D eigenvalue weighted by molar-refractivity contribution is 8.04. The Morgan fingerprint density at radius 2 is 1.61 bits per heavy atom. The van der Waals surface area contributed by atoms with Gasteiger partial charge in [0.1, 0.15) is 10.6 Å². The van der Waals surface area contributed by atoms with Crippen molar-refractivity contribution >= 4 is 52.5 Å². The SMILES string of the molecule is Cc1ccc(NC2=C(Sc3ccc(Cl)cc3)C(=O)N(c3ccc(C(=O)OC(C)C)cc3)C2=O)c(C)c1. The first-order valence-corrected chi connectivity index (χ1v) is 12.6. The number of carbonyl (C=O) groups excluding carboxylic acids is 3. The first kappa shape index (κ1) is 25.5. The van der Waals surface area contributed by atoms with E-state index < -0.39 is 17.8 Å². The molecule has 0 fully saturated rings. The monoisotopic (exact) mass is 520 g/mol. The molecule has 184 valence electrons. The van der Waals surface area contributed by atoms with E-state index in [1.54, 1.807) is 62.4 Å². The van der Waals surface area contributed by atoms with E-state index in [-0.39, 0.29) is 16.7 Å². The van der Waals surface area contributed by atoms with Crippen LogP contribution >= 0.6 is 23.4 Å². The molecule has 0 radical (unpaired) electrons. The molecule has 1 aliphatic rings. The van der Waals surface area contributed by atoms with E-state index in [4.69, 9.17) is 16.3 Å². The van der Waals surface area contributed by atoms with Crippen molar-refractivity contribution in [3.63, 3.8) is 0 Å². The lowest BCUT2D eigenvalue weighted by atomic mass is 10.1. The van der Waals surface area contributed by atoms with Crippen molar-refractivity contribution < 1.29 is 19.1 Å². The molecule has 1 aliphatic heterocycles. The quantitative estimate of drug-likeness (QED) is 0.282. The first-order chi connectivity index (χ1) is 17.1. The van der Waals surface area contributed by atoms with Gasteiger partial charge in [0, 0.05) is 15.6 Å². The van der Waals surface area contributed by atoms with Gasteiger partial charge in [-0.05, 0) is 87.9 Å². The second-order valence-corrected chi connectivity index (χ2v) is 10.2. The van der Waals surface area contributed by atoms with Crippen LogP contribution in [0.1, 0.15) is 35.3 Å². The molecule has 0 saturated heterocycles. The molecule has 3 aromatic carbocycles. The van der Waals surface area contributed by atoms with Gasteiger partial charge in [0.25, 0.3) is 11.8 Å². The minimum atomic E-state index is -0.478. The molecule has 8 heteroatoms. The number of anilines is 2. The summed E-state index contributed by atoms with van der Waals surface area (Å²) in [6, 6.07) is 19.1. The van der Waals surface area contributed by atoms with Crippen LogP contribution in [0.25, 0.3) is 0 Å². The van der Waals surface area contributed by atoms with E-state index >= 15 is 0 Å². The van der Waals surface area contributed by atoms with E-state index in [1.165, 1.54) is 11.8 Å². The summed E-state index contributed by atoms with van der Waals surface area (Å²) in [5.74, 6) is -1.40. The number of benzene rings is 3. The van der Waals surface area contributed by atoms with Crippen molar-refractivity contribution in [2.45, 2.75) is 38.7 Å². The Morgan fingerprint density at radius 1 is 0.944 bits per heavy atom. The fraction of sp³-hybridized carbons (Fsp3) is 0.179. The van der Waals surface area contributed by atoms with Crippen LogP contribution in [0.15, 0.2) is 82.2 Å². The van der Waals surface area contributed by atoms with Crippen molar-refractivity contribution in [3.05, 3.63) is 99.0 Å². The highest BCUT2D eigenvalue weighted by Gasteiger charge is 2.40. The Bertz CT molecular complexity index is 1370. The van der Waals surface area contributed by atoms with Gasteiger partial charge in [-0.25, -0.2) is 9.69 Å². The highest BCUT2D eigenvalue weighted by Crippen LogP contribution is 2.38. The number of ether oxygens (including phenoxy) is 1. The standard InChI is InChI=1S/C28H25ClN2O4S/c1-16(2)35-28(34)19-6-10-21(11-7-19)31-26(32)24(30-23-14-5-17(3)15-18(23)4)25(27(31)33)36-22-12-8-20(29)9-13-22/h5-16,30H,1-4H3. The number of nitrogens with zero attached hydrogens (tertiary/aromatic N) is 1. The van der Waals surface area contributed by atoms with E-state index in [0.29, 0.717) is 16.3 Å². The van der Waals surface area contributed by atoms with Gasteiger partial charge in [0.2, 0.25) is 0 Å². The molecule has 0 bridgehead atoms. The Hall–Kier alpha value is -3.55. The third-order valence-electron chi connectivity index (χ3n) is 5.42. The summed E-state index contributed by atoms with van der Waals surface area (Å²) in [7, 11) is 0. The van der Waals surface area contributed by atoms with Gasteiger partial charge < -0.3 is 10.1 Å². The maximum atomic E-state index is 13.6. The van der Waals surface area contributed by atoms with E-state index in [2.05, 4.69) is 5.32 Å². The molecular formula is C28H25ClN2O4S. The average molecular weight is 521 g/mol. The van der Waals surface area contributed by atoms with Crippen molar-refractivity contribution in [1.29, 1.82) is 0 Å². The summed E-state index contributed by atoms with van der Waals surface area (Å²) >= 11 is 7.21. The molecule has 0 saturated carbocycles. The molecule has 1 heterocycles. The number of amides is 2. The zero-order valence-corrected chi connectivity index (χ0v) is 21.9. The molecule has 0 aliphatic carbocycles. The number of imide groups is 1. The van der Waals surface area contributed by atoms with Gasteiger partial charge in [-0.1, -0.05) is 41.1 Å². The molecular weight excluding hydrogens is 496 g/mol. The predicted molar refractivity (Wildman–Crippen MR) is 143 cm³/mol. The number of rotatable bonds is 7. The molecule has 1 N–H and O–H groups in total. The summed E-state index contributed by atoms with van der Waals surface area (Å²) < 4.78 is 5.22. The normalized spacial score (nSPS) is 13.6. The number of esters is 1. The zero-order valence-electron chi connectivity index (χ0n) is 20.3. The van der Waals surface area contributed by atoms with Crippen molar-refractivity contribution in [1.82, 2.24) is 0 Å². The molecule has 0 aromatic heterocycles. The van der Waals surface area contributed by atoms with E-state index in [9.17, 15) is 14.4 Å². The maximum Gasteiger partial charge on any atom is 0.338 e. The highest BCUT2D eigenvalue weighted by atomic mass is 35.5. The Balaban J connectivity index is 1.69. The van der Waals surface area contributed by atoms with Gasteiger partial charge in [-0.3, -0.25) is 9.59 Å². The summed E-state index contributed by atoms with van der Waals surface area (Å²) in [6.45, 7) is 7.47. The molecule has 2 amide bonds. The number of nitrogens with one attached hydrogen (secondary N) is 1. The first-order valence-electron chi connectivity index (χ1n) is 11.4. The zero-order chi connectivity index (χ0) is 26.0. The number of carbonyl (C=O) groups is 3. The lowest BCUT2D eigenvalue weighted by Crippen LogP contribution is -2.32. The lowest BCUT2D eigenvalue weighted by Gasteiger charge is -2.16. The minimum absolute atomic E-state index is 0.190. The van der Waals surface area contributed by atoms with Gasteiger partial charge in [-0.2, -0.15) is 0 Å². The molecule has 3 aromatic rings.